The summed E-state index contributed by atoms with van der Waals surface area (Å²) in [7, 11) is 0. The average Bonchev–Trinajstić information content (AvgIpc) is 3.14. The van der Waals surface area contributed by atoms with Gasteiger partial charge < -0.3 is 21.8 Å². The van der Waals surface area contributed by atoms with E-state index >= 15 is 0 Å². The maximum atomic E-state index is 12.4. The van der Waals surface area contributed by atoms with Crippen molar-refractivity contribution in [1.29, 1.82) is 0 Å². The standard InChI is InChI=1S/C24H21N5O2/c25-18-8-4-5-15(9-18)10-22(30)29-19-12-21-17(13-27-24(21)28-14-19)11-20(23(26)31)16-6-2-1-3-7-16/h1-9,11-14H,10,25H2,(H2,26,31)(H,27,28)(H,29,30)/b20-11+. The van der Waals surface area contributed by atoms with E-state index in [4.69, 9.17) is 11.5 Å². The molecule has 2 amide bonds. The minimum Gasteiger partial charge on any atom is -0.399 e. The summed E-state index contributed by atoms with van der Waals surface area (Å²) in [6, 6.07) is 18.2. The Hall–Kier alpha value is -4.39. The zero-order valence-corrected chi connectivity index (χ0v) is 16.6. The zero-order chi connectivity index (χ0) is 21.8. The molecule has 6 N–H and O–H groups in total. The number of fused-ring (bicyclic) bond motifs is 1. The van der Waals surface area contributed by atoms with Crippen LogP contribution in [-0.2, 0) is 16.0 Å². The topological polar surface area (TPSA) is 127 Å². The Morgan fingerprint density at radius 2 is 1.87 bits per heavy atom. The van der Waals surface area contributed by atoms with Crippen LogP contribution in [0.4, 0.5) is 11.4 Å². The molecule has 2 aromatic carbocycles. The molecule has 2 heterocycles. The summed E-state index contributed by atoms with van der Waals surface area (Å²) in [6.07, 6.45) is 5.25. The minimum atomic E-state index is -0.528. The molecule has 0 aliphatic carbocycles. The van der Waals surface area contributed by atoms with Crippen LogP contribution in [0.15, 0.2) is 73.1 Å². The van der Waals surface area contributed by atoms with Crippen molar-refractivity contribution in [3.63, 3.8) is 0 Å². The molecule has 0 atom stereocenters. The normalized spacial score (nSPS) is 11.4. The highest BCUT2D eigenvalue weighted by molar-refractivity contribution is 6.24. The number of pyridine rings is 1. The Labute approximate surface area is 178 Å². The molecular weight excluding hydrogens is 390 g/mol. The second-order valence-corrected chi connectivity index (χ2v) is 7.12. The van der Waals surface area contributed by atoms with Gasteiger partial charge in [0.15, 0.2) is 0 Å². The summed E-state index contributed by atoms with van der Waals surface area (Å²) in [4.78, 5) is 31.9. The van der Waals surface area contributed by atoms with Crippen LogP contribution in [0.3, 0.4) is 0 Å². The number of aromatic nitrogens is 2. The molecule has 4 rings (SSSR count). The number of carbonyl (C=O) groups excluding carboxylic acids is 2. The first-order valence-electron chi connectivity index (χ1n) is 9.68. The van der Waals surface area contributed by atoms with Crippen molar-refractivity contribution in [2.75, 3.05) is 11.1 Å². The van der Waals surface area contributed by atoms with E-state index in [2.05, 4.69) is 15.3 Å². The minimum absolute atomic E-state index is 0.179. The number of H-pyrrole nitrogens is 1. The van der Waals surface area contributed by atoms with Gasteiger partial charge in [0.2, 0.25) is 11.8 Å². The van der Waals surface area contributed by atoms with Gasteiger partial charge in [-0.25, -0.2) is 4.98 Å². The van der Waals surface area contributed by atoms with E-state index in [9.17, 15) is 9.59 Å². The van der Waals surface area contributed by atoms with Crippen molar-refractivity contribution >= 4 is 45.9 Å². The van der Waals surface area contributed by atoms with Crippen LogP contribution < -0.4 is 16.8 Å². The van der Waals surface area contributed by atoms with Gasteiger partial charge in [0, 0.05) is 28.4 Å². The highest BCUT2D eigenvalue weighted by atomic mass is 16.2. The molecule has 7 nitrogen and oxygen atoms in total. The molecule has 31 heavy (non-hydrogen) atoms. The number of nitrogens with two attached hydrogens (primary N) is 2. The fourth-order valence-corrected chi connectivity index (χ4v) is 3.38. The van der Waals surface area contributed by atoms with Crippen molar-refractivity contribution in [3.05, 3.63) is 89.7 Å². The molecule has 0 radical (unpaired) electrons. The number of nitrogens with one attached hydrogen (secondary N) is 2. The lowest BCUT2D eigenvalue weighted by Gasteiger charge is -2.07. The lowest BCUT2D eigenvalue weighted by atomic mass is 10.0. The molecule has 0 fully saturated rings. The van der Waals surface area contributed by atoms with Crippen molar-refractivity contribution in [2.24, 2.45) is 5.73 Å². The van der Waals surface area contributed by atoms with E-state index in [1.165, 1.54) is 0 Å². The molecule has 0 spiro atoms. The second kappa shape index (κ2) is 8.54. The van der Waals surface area contributed by atoms with Crippen LogP contribution in [0.5, 0.6) is 0 Å². The number of rotatable bonds is 6. The first-order valence-corrected chi connectivity index (χ1v) is 9.68. The van der Waals surface area contributed by atoms with Gasteiger partial charge in [-0.05, 0) is 35.4 Å². The molecular formula is C24H21N5O2. The average molecular weight is 411 g/mol. The van der Waals surface area contributed by atoms with Crippen molar-refractivity contribution in [1.82, 2.24) is 9.97 Å². The van der Waals surface area contributed by atoms with E-state index in [1.807, 2.05) is 48.5 Å². The van der Waals surface area contributed by atoms with Gasteiger partial charge in [0.1, 0.15) is 5.65 Å². The predicted molar refractivity (Wildman–Crippen MR) is 123 cm³/mol. The number of nitrogens with zero attached hydrogens (tertiary/aromatic N) is 1. The smallest absolute Gasteiger partial charge is 0.249 e. The molecule has 4 aromatic rings. The Balaban J connectivity index is 1.61. The number of hydrogen-bond donors (Lipinski definition) is 4. The number of anilines is 2. The summed E-state index contributed by atoms with van der Waals surface area (Å²) in [5.74, 6) is -0.707. The SMILES string of the molecule is NC(=O)/C(=C/c1c[nH]c2ncc(NC(=O)Cc3cccc(N)c3)cc12)c1ccccc1. The summed E-state index contributed by atoms with van der Waals surface area (Å²) in [6.45, 7) is 0. The third kappa shape index (κ3) is 4.62. The second-order valence-electron chi connectivity index (χ2n) is 7.12. The first kappa shape index (κ1) is 19.9. The maximum absolute atomic E-state index is 12.4. The van der Waals surface area contributed by atoms with Gasteiger partial charge in [0.05, 0.1) is 18.3 Å². The van der Waals surface area contributed by atoms with Crippen molar-refractivity contribution in [2.45, 2.75) is 6.42 Å². The van der Waals surface area contributed by atoms with Gasteiger partial charge in [-0.15, -0.1) is 0 Å². The maximum Gasteiger partial charge on any atom is 0.249 e. The number of aromatic amines is 1. The Morgan fingerprint density at radius 3 is 2.61 bits per heavy atom. The van der Waals surface area contributed by atoms with Crippen LogP contribution in [0, 0.1) is 0 Å². The number of primary amides is 1. The highest BCUT2D eigenvalue weighted by Gasteiger charge is 2.12. The van der Waals surface area contributed by atoms with Gasteiger partial charge >= 0.3 is 0 Å². The zero-order valence-electron chi connectivity index (χ0n) is 16.6. The van der Waals surface area contributed by atoms with E-state index in [0.717, 1.165) is 22.1 Å². The summed E-state index contributed by atoms with van der Waals surface area (Å²) in [5, 5.41) is 3.62. The van der Waals surface area contributed by atoms with Crippen LogP contribution in [0.2, 0.25) is 0 Å². The van der Waals surface area contributed by atoms with Gasteiger partial charge in [0.25, 0.3) is 0 Å². The molecule has 154 valence electrons. The van der Waals surface area contributed by atoms with Crippen molar-refractivity contribution < 1.29 is 9.59 Å². The Morgan fingerprint density at radius 1 is 1.06 bits per heavy atom. The Kier molecular flexibility index (Phi) is 5.49. The fraction of sp³-hybridized carbons (Fsp3) is 0.0417. The number of amides is 2. The fourth-order valence-electron chi connectivity index (χ4n) is 3.38. The summed E-state index contributed by atoms with van der Waals surface area (Å²) < 4.78 is 0. The molecule has 0 aliphatic heterocycles. The highest BCUT2D eigenvalue weighted by Crippen LogP contribution is 2.25. The van der Waals surface area contributed by atoms with Crippen LogP contribution in [-0.4, -0.2) is 21.8 Å². The third-order valence-corrected chi connectivity index (χ3v) is 4.81. The van der Waals surface area contributed by atoms with E-state index in [1.54, 1.807) is 30.6 Å². The first-order chi connectivity index (χ1) is 15.0. The summed E-state index contributed by atoms with van der Waals surface area (Å²) >= 11 is 0. The summed E-state index contributed by atoms with van der Waals surface area (Å²) in [5.41, 5.74) is 15.9. The van der Waals surface area contributed by atoms with E-state index in [0.29, 0.717) is 22.6 Å². The van der Waals surface area contributed by atoms with Gasteiger partial charge in [-0.2, -0.15) is 0 Å². The van der Waals surface area contributed by atoms with Crippen LogP contribution in [0.25, 0.3) is 22.7 Å². The molecule has 0 saturated carbocycles. The largest absolute Gasteiger partial charge is 0.399 e. The molecule has 0 bridgehead atoms. The molecule has 2 aromatic heterocycles. The molecule has 0 saturated heterocycles. The van der Waals surface area contributed by atoms with Crippen LogP contribution in [0.1, 0.15) is 16.7 Å². The lowest BCUT2D eigenvalue weighted by Crippen LogP contribution is -2.14. The lowest BCUT2D eigenvalue weighted by molar-refractivity contribution is -0.115. The monoisotopic (exact) mass is 411 g/mol. The quantitative estimate of drug-likeness (QED) is 0.287. The van der Waals surface area contributed by atoms with E-state index < -0.39 is 5.91 Å². The number of carbonyl (C=O) groups is 2. The van der Waals surface area contributed by atoms with Gasteiger partial charge in [-0.3, -0.25) is 9.59 Å². The van der Waals surface area contributed by atoms with Crippen molar-refractivity contribution in [3.8, 4) is 0 Å². The molecule has 0 unspecified atom stereocenters. The van der Waals surface area contributed by atoms with Crippen LogP contribution >= 0.6 is 0 Å². The molecule has 7 heteroatoms. The number of hydrogen-bond acceptors (Lipinski definition) is 4. The van der Waals surface area contributed by atoms with E-state index in [-0.39, 0.29) is 12.3 Å². The molecule has 0 aliphatic rings. The van der Waals surface area contributed by atoms with Gasteiger partial charge in [-0.1, -0.05) is 42.5 Å². The Bertz CT molecular complexity index is 1290. The number of nitrogen functional groups attached to an aromatic ring is 1. The predicted octanol–water partition coefficient (Wildman–Crippen LogP) is 3.35. The number of benzene rings is 2. The third-order valence-electron chi connectivity index (χ3n) is 4.81.